The van der Waals surface area contributed by atoms with Gasteiger partial charge in [-0.05, 0) is 30.7 Å². The molecular weight excluding hydrogens is 382 g/mol. The number of hydrogen-bond donors (Lipinski definition) is 0. The highest BCUT2D eigenvalue weighted by atomic mass is 32.2. The van der Waals surface area contributed by atoms with Gasteiger partial charge in [-0.15, -0.1) is 11.8 Å². The third-order valence-electron chi connectivity index (χ3n) is 3.96. The molecule has 0 fully saturated rings. The maximum absolute atomic E-state index is 12.0. The Kier molecular flexibility index (Phi) is 6.76. The molecule has 0 radical (unpaired) electrons. The zero-order valence-corrected chi connectivity index (χ0v) is 16.8. The molecule has 0 aliphatic heterocycles. The van der Waals surface area contributed by atoms with Crippen LogP contribution in [0.15, 0.2) is 66.0 Å². The third kappa shape index (κ3) is 5.47. The van der Waals surface area contributed by atoms with Crippen LogP contribution in [0.4, 0.5) is 5.69 Å². The summed E-state index contributed by atoms with van der Waals surface area (Å²) in [6.07, 6.45) is 5.85. The molecule has 27 heavy (non-hydrogen) atoms. The van der Waals surface area contributed by atoms with E-state index in [4.69, 9.17) is 4.74 Å². The van der Waals surface area contributed by atoms with E-state index >= 15 is 0 Å². The number of ether oxygens (including phenoxy) is 1. The number of imidazole rings is 1. The Morgan fingerprint density at radius 1 is 1.11 bits per heavy atom. The third-order valence-corrected chi connectivity index (χ3v) is 6.27. The zero-order chi connectivity index (χ0) is 19.1. The van der Waals surface area contributed by atoms with Crippen LogP contribution in [0.1, 0.15) is 6.42 Å². The Hall–Kier alpha value is -2.03. The number of benzene rings is 1. The number of fused-ring (bicyclic) bond motifs is 1. The number of thioether (sulfide) groups is 1. The van der Waals surface area contributed by atoms with Crippen LogP contribution < -0.4 is 4.31 Å². The molecule has 0 N–H and O–H groups in total. The second-order valence-electron chi connectivity index (χ2n) is 6.00. The molecule has 0 saturated heterocycles. The lowest BCUT2D eigenvalue weighted by Gasteiger charge is -2.22. The van der Waals surface area contributed by atoms with Crippen molar-refractivity contribution in [2.24, 2.45) is 0 Å². The Bertz CT molecular complexity index is 959. The van der Waals surface area contributed by atoms with Crippen LogP contribution >= 0.6 is 11.8 Å². The van der Waals surface area contributed by atoms with Crippen LogP contribution in [0, 0.1) is 0 Å². The molecule has 3 aromatic rings. The lowest BCUT2D eigenvalue weighted by Crippen LogP contribution is -2.33. The van der Waals surface area contributed by atoms with E-state index in [0.29, 0.717) is 25.4 Å². The number of rotatable bonds is 10. The molecule has 3 rings (SSSR count). The monoisotopic (exact) mass is 405 g/mol. The van der Waals surface area contributed by atoms with Crippen molar-refractivity contribution in [3.05, 3.63) is 60.9 Å². The van der Waals surface area contributed by atoms with Crippen molar-refractivity contribution in [2.45, 2.75) is 11.4 Å². The first-order valence-electron chi connectivity index (χ1n) is 8.71. The van der Waals surface area contributed by atoms with Gasteiger partial charge in [0.05, 0.1) is 30.1 Å². The molecule has 0 unspecified atom stereocenters. The fourth-order valence-corrected chi connectivity index (χ4v) is 4.56. The van der Waals surface area contributed by atoms with Gasteiger partial charge in [-0.3, -0.25) is 8.71 Å². The van der Waals surface area contributed by atoms with Crippen molar-refractivity contribution in [3.8, 4) is 0 Å². The second kappa shape index (κ2) is 9.25. The minimum Gasteiger partial charge on any atom is -0.380 e. The van der Waals surface area contributed by atoms with Crippen LogP contribution in [0.25, 0.3) is 5.65 Å². The van der Waals surface area contributed by atoms with Crippen molar-refractivity contribution in [2.75, 3.05) is 36.1 Å². The topological polar surface area (TPSA) is 63.9 Å². The summed E-state index contributed by atoms with van der Waals surface area (Å²) in [7, 11) is -3.33. The van der Waals surface area contributed by atoms with Crippen LogP contribution in [0.2, 0.25) is 0 Å². The van der Waals surface area contributed by atoms with Gasteiger partial charge in [0.15, 0.2) is 0 Å². The molecule has 0 atom stereocenters. The summed E-state index contributed by atoms with van der Waals surface area (Å²) in [6, 6.07) is 15.1. The van der Waals surface area contributed by atoms with E-state index in [1.54, 1.807) is 30.1 Å². The van der Waals surface area contributed by atoms with Crippen molar-refractivity contribution in [1.29, 1.82) is 0 Å². The Morgan fingerprint density at radius 2 is 1.93 bits per heavy atom. The summed E-state index contributed by atoms with van der Waals surface area (Å²) >= 11 is 1.76. The molecule has 0 amide bonds. The number of pyridine rings is 1. The van der Waals surface area contributed by atoms with Crippen LogP contribution in [0.5, 0.6) is 0 Å². The van der Waals surface area contributed by atoms with E-state index in [0.717, 1.165) is 22.8 Å². The van der Waals surface area contributed by atoms with E-state index in [2.05, 4.69) is 15.5 Å². The molecule has 6 nitrogen and oxygen atoms in total. The molecule has 0 spiro atoms. The van der Waals surface area contributed by atoms with E-state index in [1.165, 1.54) is 10.6 Å². The molecule has 0 aliphatic rings. The molecule has 0 saturated carbocycles. The molecule has 2 heterocycles. The van der Waals surface area contributed by atoms with E-state index < -0.39 is 10.0 Å². The first kappa shape index (κ1) is 19.7. The average Bonchev–Trinajstić information content (AvgIpc) is 3.13. The van der Waals surface area contributed by atoms with Crippen molar-refractivity contribution in [1.82, 2.24) is 9.38 Å². The molecule has 2 aromatic heterocycles. The van der Waals surface area contributed by atoms with E-state index in [1.807, 2.05) is 36.5 Å². The highest BCUT2D eigenvalue weighted by Crippen LogP contribution is 2.20. The molecule has 1 aromatic carbocycles. The molecule has 8 heteroatoms. The first-order chi connectivity index (χ1) is 13.1. The van der Waals surface area contributed by atoms with Crippen molar-refractivity contribution in [3.63, 3.8) is 0 Å². The lowest BCUT2D eigenvalue weighted by atomic mass is 10.3. The Labute approximate surface area is 164 Å². The van der Waals surface area contributed by atoms with Gasteiger partial charge in [0.2, 0.25) is 10.0 Å². The summed E-state index contributed by atoms with van der Waals surface area (Å²) in [4.78, 5) is 4.28. The Balaban J connectivity index is 1.40. The van der Waals surface area contributed by atoms with E-state index in [9.17, 15) is 8.42 Å². The number of aromatic nitrogens is 2. The quantitative estimate of drug-likeness (QED) is 0.383. The predicted octanol–water partition coefficient (Wildman–Crippen LogP) is 3.30. The SMILES string of the molecule is CS(=O)(=O)N(CCOCCCSc1cccc2nccn12)c1ccccc1. The number of para-hydroxylation sites is 1. The number of nitrogens with zero attached hydrogens (tertiary/aromatic N) is 3. The molecule has 0 aliphatic carbocycles. The predicted molar refractivity (Wildman–Crippen MR) is 110 cm³/mol. The second-order valence-corrected chi connectivity index (χ2v) is 9.03. The highest BCUT2D eigenvalue weighted by Gasteiger charge is 2.16. The van der Waals surface area contributed by atoms with E-state index in [-0.39, 0.29) is 0 Å². The molecule has 0 bridgehead atoms. The van der Waals surface area contributed by atoms with Crippen LogP contribution in [-0.4, -0.2) is 49.6 Å². The summed E-state index contributed by atoms with van der Waals surface area (Å²) in [5.74, 6) is 0.922. The fraction of sp³-hybridized carbons (Fsp3) is 0.316. The summed E-state index contributed by atoms with van der Waals surface area (Å²) in [5.41, 5.74) is 1.60. The summed E-state index contributed by atoms with van der Waals surface area (Å²) in [6.45, 7) is 1.27. The van der Waals surface area contributed by atoms with Crippen molar-refractivity contribution < 1.29 is 13.2 Å². The Morgan fingerprint density at radius 3 is 2.70 bits per heavy atom. The van der Waals surface area contributed by atoms with Gasteiger partial charge in [0, 0.05) is 24.8 Å². The van der Waals surface area contributed by atoms with Crippen molar-refractivity contribution >= 4 is 33.1 Å². The normalized spacial score (nSPS) is 11.7. The van der Waals surface area contributed by atoms with Gasteiger partial charge < -0.3 is 4.74 Å². The van der Waals surface area contributed by atoms with Gasteiger partial charge in [-0.2, -0.15) is 0 Å². The lowest BCUT2D eigenvalue weighted by molar-refractivity contribution is 0.143. The standard InChI is InChI=1S/C19H23N3O3S2/c1-27(23,24)22(17-7-3-2-4-8-17)13-15-25-14-6-16-26-19-10-5-9-18-20-11-12-21(18)19/h2-5,7-12H,6,13-16H2,1H3. The minimum absolute atomic E-state index is 0.310. The van der Waals surface area contributed by atoms with Gasteiger partial charge in [-0.1, -0.05) is 24.3 Å². The zero-order valence-electron chi connectivity index (χ0n) is 15.2. The highest BCUT2D eigenvalue weighted by molar-refractivity contribution is 7.99. The largest absolute Gasteiger partial charge is 0.380 e. The fourth-order valence-electron chi connectivity index (χ4n) is 2.71. The van der Waals surface area contributed by atoms with Gasteiger partial charge >= 0.3 is 0 Å². The van der Waals surface area contributed by atoms with Crippen LogP contribution in [-0.2, 0) is 14.8 Å². The number of anilines is 1. The minimum atomic E-state index is -3.33. The number of hydrogen-bond acceptors (Lipinski definition) is 5. The smallest absolute Gasteiger partial charge is 0.232 e. The summed E-state index contributed by atoms with van der Waals surface area (Å²) < 4.78 is 33.1. The van der Waals surface area contributed by atoms with Gasteiger partial charge in [-0.25, -0.2) is 13.4 Å². The molecule has 144 valence electrons. The molecular formula is C19H23N3O3S2. The maximum atomic E-state index is 12.0. The first-order valence-corrected chi connectivity index (χ1v) is 11.5. The van der Waals surface area contributed by atoms with Gasteiger partial charge in [0.1, 0.15) is 5.65 Å². The van der Waals surface area contributed by atoms with Gasteiger partial charge in [0.25, 0.3) is 0 Å². The number of sulfonamides is 1. The summed E-state index contributed by atoms with van der Waals surface area (Å²) in [5, 5.41) is 1.15. The average molecular weight is 406 g/mol. The maximum Gasteiger partial charge on any atom is 0.232 e. The van der Waals surface area contributed by atoms with Crippen LogP contribution in [0.3, 0.4) is 0 Å².